The van der Waals surface area contributed by atoms with Gasteiger partial charge in [-0.05, 0) is 72.3 Å². The van der Waals surface area contributed by atoms with Crippen molar-refractivity contribution >= 4 is 17.8 Å². The molecule has 8 nitrogen and oxygen atoms in total. The zero-order valence-electron chi connectivity index (χ0n) is 25.6. The zero-order chi connectivity index (χ0) is 29.0. The first kappa shape index (κ1) is 29.7. The second-order valence-corrected chi connectivity index (χ2v) is 12.2. The smallest absolute Gasteiger partial charge is 0.410 e. The molecule has 1 saturated heterocycles. The van der Waals surface area contributed by atoms with Crippen molar-refractivity contribution < 1.29 is 9.53 Å². The highest BCUT2D eigenvalue weighted by Crippen LogP contribution is 2.22. The maximum Gasteiger partial charge on any atom is 0.410 e. The van der Waals surface area contributed by atoms with Gasteiger partial charge in [-0.1, -0.05) is 43.3 Å². The average Bonchev–Trinajstić information content (AvgIpc) is 3.21. The van der Waals surface area contributed by atoms with Crippen LogP contribution in [0.3, 0.4) is 0 Å². The standard InChI is InChI=1S/C32H46N6O2/c1-9-29-28(30-33-23(2)19-24(3)38(30)34-29)20-26-14-12-25(13-15-26)11-10-16-36-17-18-37(27(22-36)21-35(7)8)31(39)40-32(4,5)6/h10-15,19,27H,9,16-18,20-22H2,1-8H3/b11-10+. The Kier molecular flexibility index (Phi) is 9.31. The highest BCUT2D eigenvalue weighted by molar-refractivity contribution is 5.68. The molecule has 8 heteroatoms. The van der Waals surface area contributed by atoms with Crippen LogP contribution in [0.1, 0.15) is 61.5 Å². The molecule has 1 unspecified atom stereocenters. The van der Waals surface area contributed by atoms with E-state index in [1.807, 2.05) is 51.2 Å². The van der Waals surface area contributed by atoms with Gasteiger partial charge in [-0.3, -0.25) is 4.90 Å². The molecule has 0 spiro atoms. The van der Waals surface area contributed by atoms with E-state index in [4.69, 9.17) is 14.8 Å². The van der Waals surface area contributed by atoms with Crippen LogP contribution in [0.2, 0.25) is 0 Å². The zero-order valence-corrected chi connectivity index (χ0v) is 25.6. The minimum Gasteiger partial charge on any atom is -0.444 e. The molecule has 1 amide bonds. The topological polar surface area (TPSA) is 66.2 Å². The Morgan fingerprint density at radius 3 is 2.52 bits per heavy atom. The molecule has 216 valence electrons. The highest BCUT2D eigenvalue weighted by atomic mass is 16.6. The largest absolute Gasteiger partial charge is 0.444 e. The lowest BCUT2D eigenvalue weighted by molar-refractivity contribution is -0.00366. The quantitative estimate of drug-likeness (QED) is 0.396. The molecule has 1 atom stereocenters. The summed E-state index contributed by atoms with van der Waals surface area (Å²) in [6.45, 7) is 16.0. The van der Waals surface area contributed by atoms with Gasteiger partial charge in [0.15, 0.2) is 5.65 Å². The lowest BCUT2D eigenvalue weighted by Gasteiger charge is -2.42. The Morgan fingerprint density at radius 2 is 1.88 bits per heavy atom. The summed E-state index contributed by atoms with van der Waals surface area (Å²) in [5.74, 6) is 0. The fourth-order valence-corrected chi connectivity index (χ4v) is 5.39. The third kappa shape index (κ3) is 7.49. The summed E-state index contributed by atoms with van der Waals surface area (Å²) in [5.41, 5.74) is 7.39. The van der Waals surface area contributed by atoms with E-state index in [9.17, 15) is 4.79 Å². The molecule has 1 aliphatic heterocycles. The molecule has 1 aromatic carbocycles. The Hall–Kier alpha value is -3.23. The molecule has 0 radical (unpaired) electrons. The lowest BCUT2D eigenvalue weighted by Crippen LogP contribution is -2.58. The van der Waals surface area contributed by atoms with Crippen molar-refractivity contribution in [2.75, 3.05) is 46.8 Å². The Balaban J connectivity index is 1.38. The number of amides is 1. The highest BCUT2D eigenvalue weighted by Gasteiger charge is 2.33. The van der Waals surface area contributed by atoms with Crippen LogP contribution in [0.25, 0.3) is 11.7 Å². The molecule has 0 saturated carbocycles. The van der Waals surface area contributed by atoms with Crippen LogP contribution in [0, 0.1) is 13.8 Å². The molecule has 40 heavy (non-hydrogen) atoms. The maximum absolute atomic E-state index is 12.8. The first-order valence-corrected chi connectivity index (χ1v) is 14.4. The summed E-state index contributed by atoms with van der Waals surface area (Å²) < 4.78 is 7.66. The number of benzene rings is 1. The number of likely N-dealkylation sites (N-methyl/N-ethyl adjacent to an activating group) is 1. The lowest BCUT2D eigenvalue weighted by atomic mass is 10.0. The minimum absolute atomic E-state index is 0.0984. The van der Waals surface area contributed by atoms with Crippen molar-refractivity contribution in [3.05, 3.63) is 70.2 Å². The van der Waals surface area contributed by atoms with Gasteiger partial charge in [0.05, 0.1) is 11.7 Å². The van der Waals surface area contributed by atoms with E-state index in [1.165, 1.54) is 16.7 Å². The second kappa shape index (κ2) is 12.5. The van der Waals surface area contributed by atoms with Crippen molar-refractivity contribution in [1.29, 1.82) is 0 Å². The third-order valence-corrected chi connectivity index (χ3v) is 7.21. The average molecular weight is 547 g/mol. The van der Waals surface area contributed by atoms with Crippen molar-refractivity contribution in [2.45, 2.75) is 66.0 Å². The van der Waals surface area contributed by atoms with Gasteiger partial charge in [0.1, 0.15) is 5.60 Å². The normalized spacial score (nSPS) is 16.9. The van der Waals surface area contributed by atoms with Gasteiger partial charge in [-0.15, -0.1) is 0 Å². The van der Waals surface area contributed by atoms with Crippen LogP contribution < -0.4 is 0 Å². The summed E-state index contributed by atoms with van der Waals surface area (Å²) in [5, 5.41) is 4.83. The number of fused-ring (bicyclic) bond motifs is 1. The van der Waals surface area contributed by atoms with Crippen LogP contribution in [-0.2, 0) is 17.6 Å². The Labute approximate surface area is 239 Å². The number of aromatic nitrogens is 3. The summed E-state index contributed by atoms with van der Waals surface area (Å²) in [6, 6.07) is 11.0. The molecule has 2 aromatic heterocycles. The summed E-state index contributed by atoms with van der Waals surface area (Å²) in [6.07, 6.45) is 5.90. The van der Waals surface area contributed by atoms with Crippen LogP contribution in [0.15, 0.2) is 36.4 Å². The molecule has 0 aliphatic carbocycles. The number of hydrogen-bond donors (Lipinski definition) is 0. The second-order valence-electron chi connectivity index (χ2n) is 12.2. The monoisotopic (exact) mass is 546 g/mol. The van der Waals surface area contributed by atoms with Gasteiger partial charge in [-0.2, -0.15) is 5.10 Å². The van der Waals surface area contributed by atoms with Gasteiger partial charge in [0.25, 0.3) is 0 Å². The predicted molar refractivity (Wildman–Crippen MR) is 162 cm³/mol. The van der Waals surface area contributed by atoms with E-state index in [0.29, 0.717) is 6.54 Å². The number of carbonyl (C=O) groups excluding carboxylic acids is 1. The number of piperazine rings is 1. The number of hydrogen-bond acceptors (Lipinski definition) is 6. The van der Waals surface area contributed by atoms with E-state index >= 15 is 0 Å². The molecule has 1 fully saturated rings. The van der Waals surface area contributed by atoms with Crippen molar-refractivity contribution in [1.82, 2.24) is 29.3 Å². The van der Waals surface area contributed by atoms with Crippen LogP contribution >= 0.6 is 0 Å². The van der Waals surface area contributed by atoms with Crippen molar-refractivity contribution in [3.8, 4) is 0 Å². The first-order chi connectivity index (χ1) is 18.9. The number of aryl methyl sites for hydroxylation is 3. The molecular formula is C32H46N6O2. The molecule has 0 bridgehead atoms. The van der Waals surface area contributed by atoms with E-state index in [2.05, 4.69) is 66.1 Å². The first-order valence-electron chi connectivity index (χ1n) is 14.4. The van der Waals surface area contributed by atoms with Gasteiger partial charge in [0.2, 0.25) is 0 Å². The van der Waals surface area contributed by atoms with E-state index in [-0.39, 0.29) is 12.1 Å². The molecule has 4 rings (SSSR count). The molecular weight excluding hydrogens is 500 g/mol. The number of ether oxygens (including phenoxy) is 1. The number of carbonyl (C=O) groups is 1. The fraction of sp³-hybridized carbons (Fsp3) is 0.531. The van der Waals surface area contributed by atoms with E-state index < -0.39 is 5.60 Å². The third-order valence-electron chi connectivity index (χ3n) is 7.21. The van der Waals surface area contributed by atoms with Gasteiger partial charge in [0, 0.05) is 56.1 Å². The number of rotatable bonds is 8. The predicted octanol–water partition coefficient (Wildman–Crippen LogP) is 5.00. The van der Waals surface area contributed by atoms with Gasteiger partial charge < -0.3 is 14.5 Å². The molecule has 3 aromatic rings. The summed E-state index contributed by atoms with van der Waals surface area (Å²) in [4.78, 5) is 24.1. The molecule has 0 N–H and O–H groups in total. The van der Waals surface area contributed by atoms with Crippen molar-refractivity contribution in [2.24, 2.45) is 0 Å². The van der Waals surface area contributed by atoms with E-state index in [0.717, 1.165) is 61.7 Å². The van der Waals surface area contributed by atoms with Gasteiger partial charge >= 0.3 is 6.09 Å². The summed E-state index contributed by atoms with van der Waals surface area (Å²) in [7, 11) is 4.10. The Morgan fingerprint density at radius 1 is 1.15 bits per heavy atom. The van der Waals surface area contributed by atoms with Crippen LogP contribution in [-0.4, -0.2) is 93.9 Å². The maximum atomic E-state index is 12.8. The van der Waals surface area contributed by atoms with Crippen molar-refractivity contribution in [3.63, 3.8) is 0 Å². The summed E-state index contributed by atoms with van der Waals surface area (Å²) >= 11 is 0. The van der Waals surface area contributed by atoms with E-state index in [1.54, 1.807) is 0 Å². The van der Waals surface area contributed by atoms with Crippen LogP contribution in [0.4, 0.5) is 4.79 Å². The van der Waals surface area contributed by atoms with Crippen LogP contribution in [0.5, 0.6) is 0 Å². The van der Waals surface area contributed by atoms with Gasteiger partial charge in [-0.25, -0.2) is 14.3 Å². The minimum atomic E-state index is -0.491. The fourth-order valence-electron chi connectivity index (χ4n) is 5.39. The Bertz CT molecular complexity index is 1340. The molecule has 3 heterocycles. The number of nitrogens with zero attached hydrogens (tertiary/aromatic N) is 6. The molecule has 1 aliphatic rings. The SMILES string of the molecule is CCc1nn2c(C)cc(C)nc2c1Cc1ccc(/C=C/CN2CCN(C(=O)OC(C)(C)C)C(CN(C)C)C2)cc1.